The Morgan fingerprint density at radius 3 is 2.16 bits per heavy atom. The maximum Gasteiger partial charge on any atom is 0.335 e. The molecule has 1 heterocycles. The first kappa shape index (κ1) is 15.8. The third-order valence-electron chi connectivity index (χ3n) is 2.76. The predicted molar refractivity (Wildman–Crippen MR) is 57.1 cm³/mol. The van der Waals surface area contributed by atoms with Crippen molar-refractivity contribution in [3.8, 4) is 0 Å². The average Bonchev–Trinajstić information content (AvgIpc) is 2.34. The molecule has 4 unspecified atom stereocenters. The van der Waals surface area contributed by atoms with Crippen LogP contribution >= 0.6 is 0 Å². The minimum absolute atomic E-state index is 0.0539. The van der Waals surface area contributed by atoms with Crippen LogP contribution in [0.5, 0.6) is 0 Å². The van der Waals surface area contributed by atoms with E-state index in [1.165, 1.54) is 6.92 Å². The van der Waals surface area contributed by atoms with Crippen molar-refractivity contribution in [2.75, 3.05) is 0 Å². The summed E-state index contributed by atoms with van der Waals surface area (Å²) in [4.78, 5) is 21.6. The lowest BCUT2D eigenvalue weighted by Gasteiger charge is -2.39. The number of ether oxygens (including phenoxy) is 2. The number of hydrogen-bond acceptors (Lipinski definition) is 7. The van der Waals surface area contributed by atoms with Crippen molar-refractivity contribution in [1.29, 1.82) is 0 Å². The largest absolute Gasteiger partial charge is 0.479 e. The van der Waals surface area contributed by atoms with E-state index in [9.17, 15) is 24.9 Å². The molecule has 1 saturated heterocycles. The van der Waals surface area contributed by atoms with Gasteiger partial charge in [0.1, 0.15) is 18.3 Å². The molecule has 0 amide bonds. The number of carbonyl (C=O) groups is 2. The third-order valence-corrected chi connectivity index (χ3v) is 2.76. The normalized spacial score (nSPS) is 36.7. The van der Waals surface area contributed by atoms with E-state index in [0.29, 0.717) is 0 Å². The fourth-order valence-electron chi connectivity index (χ4n) is 1.66. The number of aliphatic carboxylic acids is 2. The Labute approximate surface area is 108 Å². The van der Waals surface area contributed by atoms with E-state index in [0.717, 1.165) is 0 Å². The van der Waals surface area contributed by atoms with Gasteiger partial charge in [-0.05, 0) is 6.42 Å². The molecule has 19 heavy (non-hydrogen) atoms. The van der Waals surface area contributed by atoms with Crippen LogP contribution in [0.15, 0.2) is 0 Å². The number of aliphatic hydroxyl groups excluding tert-OH is 3. The van der Waals surface area contributed by atoms with Gasteiger partial charge in [0, 0.05) is 0 Å². The minimum Gasteiger partial charge on any atom is -0.479 e. The quantitative estimate of drug-likeness (QED) is 0.376. The Morgan fingerprint density at radius 2 is 1.74 bits per heavy atom. The SMILES string of the molecule is CCC(OC1OC(C(=O)O)[C@H](O)[C@H](O)C1O)C(=O)O. The molecule has 110 valence electrons. The van der Waals surface area contributed by atoms with Gasteiger partial charge in [0.2, 0.25) is 0 Å². The van der Waals surface area contributed by atoms with E-state index < -0.39 is 48.7 Å². The Bertz CT molecular complexity index is 342. The molecule has 6 atom stereocenters. The highest BCUT2D eigenvalue weighted by molar-refractivity contribution is 5.73. The summed E-state index contributed by atoms with van der Waals surface area (Å²) in [6.45, 7) is 1.51. The molecular formula is C10H16O9. The van der Waals surface area contributed by atoms with E-state index >= 15 is 0 Å². The van der Waals surface area contributed by atoms with Gasteiger partial charge in [-0.25, -0.2) is 9.59 Å². The van der Waals surface area contributed by atoms with Crippen molar-refractivity contribution in [1.82, 2.24) is 0 Å². The van der Waals surface area contributed by atoms with Crippen LogP contribution < -0.4 is 0 Å². The molecular weight excluding hydrogens is 264 g/mol. The summed E-state index contributed by atoms with van der Waals surface area (Å²) in [7, 11) is 0. The molecule has 0 aromatic carbocycles. The third kappa shape index (κ3) is 3.39. The van der Waals surface area contributed by atoms with Gasteiger partial charge in [-0.3, -0.25) is 0 Å². The van der Waals surface area contributed by atoms with Gasteiger partial charge in [-0.15, -0.1) is 0 Å². The van der Waals surface area contributed by atoms with Crippen molar-refractivity contribution in [2.45, 2.75) is 50.2 Å². The molecule has 9 nitrogen and oxygen atoms in total. The van der Waals surface area contributed by atoms with Gasteiger partial charge in [0.05, 0.1) is 0 Å². The molecule has 0 bridgehead atoms. The van der Waals surface area contributed by atoms with Crippen LogP contribution in [0.2, 0.25) is 0 Å². The van der Waals surface area contributed by atoms with Crippen LogP contribution in [0.4, 0.5) is 0 Å². The van der Waals surface area contributed by atoms with Gasteiger partial charge in [-0.2, -0.15) is 0 Å². The second-order valence-corrected chi connectivity index (χ2v) is 4.11. The molecule has 0 saturated carbocycles. The number of hydrogen-bond donors (Lipinski definition) is 5. The van der Waals surface area contributed by atoms with Crippen LogP contribution in [0.25, 0.3) is 0 Å². The van der Waals surface area contributed by atoms with Crippen LogP contribution in [-0.2, 0) is 19.1 Å². The van der Waals surface area contributed by atoms with Crippen molar-refractivity contribution in [3.05, 3.63) is 0 Å². The Kier molecular flexibility index (Phi) is 5.20. The van der Waals surface area contributed by atoms with E-state index in [2.05, 4.69) is 0 Å². The summed E-state index contributed by atoms with van der Waals surface area (Å²) < 4.78 is 9.69. The second-order valence-electron chi connectivity index (χ2n) is 4.11. The monoisotopic (exact) mass is 280 g/mol. The molecule has 1 aliphatic rings. The first-order valence-corrected chi connectivity index (χ1v) is 5.60. The lowest BCUT2D eigenvalue weighted by Crippen LogP contribution is -2.61. The Balaban J connectivity index is 2.82. The van der Waals surface area contributed by atoms with Crippen LogP contribution in [0.3, 0.4) is 0 Å². The Hall–Kier alpha value is -1.26. The summed E-state index contributed by atoms with van der Waals surface area (Å²) in [5.74, 6) is -2.87. The molecule has 9 heteroatoms. The molecule has 0 spiro atoms. The van der Waals surface area contributed by atoms with Crippen molar-refractivity contribution in [2.24, 2.45) is 0 Å². The van der Waals surface area contributed by atoms with E-state index in [-0.39, 0.29) is 6.42 Å². The van der Waals surface area contributed by atoms with E-state index in [1.54, 1.807) is 0 Å². The maximum absolute atomic E-state index is 10.8. The zero-order valence-electron chi connectivity index (χ0n) is 10.0. The highest BCUT2D eigenvalue weighted by Gasteiger charge is 2.48. The molecule has 0 aromatic rings. The predicted octanol–water partition coefficient (Wildman–Crippen LogP) is -2.24. The molecule has 1 aliphatic heterocycles. The van der Waals surface area contributed by atoms with Gasteiger partial charge in [-0.1, -0.05) is 6.92 Å². The summed E-state index contributed by atoms with van der Waals surface area (Å²) >= 11 is 0. The minimum atomic E-state index is -1.84. The molecule has 0 aromatic heterocycles. The first-order chi connectivity index (χ1) is 8.79. The van der Waals surface area contributed by atoms with Gasteiger partial charge in [0.15, 0.2) is 18.5 Å². The molecule has 5 N–H and O–H groups in total. The van der Waals surface area contributed by atoms with Crippen LogP contribution in [-0.4, -0.2) is 74.3 Å². The van der Waals surface area contributed by atoms with Crippen molar-refractivity contribution >= 4 is 11.9 Å². The smallest absolute Gasteiger partial charge is 0.335 e. The second kappa shape index (κ2) is 6.26. The topological polar surface area (TPSA) is 154 Å². The van der Waals surface area contributed by atoms with Crippen LogP contribution in [0, 0.1) is 0 Å². The molecule has 1 fully saturated rings. The van der Waals surface area contributed by atoms with Crippen LogP contribution in [0.1, 0.15) is 13.3 Å². The van der Waals surface area contributed by atoms with Gasteiger partial charge < -0.3 is 35.0 Å². The summed E-state index contributed by atoms with van der Waals surface area (Å²) in [6, 6.07) is 0. The lowest BCUT2D eigenvalue weighted by atomic mass is 9.99. The Morgan fingerprint density at radius 1 is 1.16 bits per heavy atom. The summed E-state index contributed by atoms with van der Waals surface area (Å²) in [5, 5.41) is 46.1. The zero-order chi connectivity index (χ0) is 14.7. The fourth-order valence-corrected chi connectivity index (χ4v) is 1.66. The standard InChI is InChI=1S/C10H16O9/c1-2-3(8(14)15)18-10-6(13)4(11)5(12)7(19-10)9(16)17/h3-7,10-13H,2H2,1H3,(H,14,15)(H,16,17)/t3?,4-,5+,6?,7?,10?/m0/s1. The van der Waals surface area contributed by atoms with Gasteiger partial charge in [0.25, 0.3) is 0 Å². The molecule has 0 radical (unpaired) electrons. The number of rotatable bonds is 5. The van der Waals surface area contributed by atoms with Crippen molar-refractivity contribution < 1.29 is 44.6 Å². The molecule has 1 rings (SSSR count). The molecule has 0 aliphatic carbocycles. The highest BCUT2D eigenvalue weighted by Crippen LogP contribution is 2.23. The van der Waals surface area contributed by atoms with E-state index in [4.69, 9.17) is 19.7 Å². The number of carboxylic acids is 2. The first-order valence-electron chi connectivity index (χ1n) is 5.60. The maximum atomic E-state index is 10.8. The summed E-state index contributed by atoms with van der Waals surface area (Å²) in [5.41, 5.74) is 0. The lowest BCUT2D eigenvalue weighted by molar-refractivity contribution is -0.303. The number of aliphatic hydroxyl groups is 3. The number of carboxylic acid groups (broad SMARTS) is 2. The van der Waals surface area contributed by atoms with Gasteiger partial charge >= 0.3 is 11.9 Å². The van der Waals surface area contributed by atoms with Crippen molar-refractivity contribution in [3.63, 3.8) is 0 Å². The highest BCUT2D eigenvalue weighted by atomic mass is 16.7. The fraction of sp³-hybridized carbons (Fsp3) is 0.800. The average molecular weight is 280 g/mol. The zero-order valence-corrected chi connectivity index (χ0v) is 10.0. The van der Waals surface area contributed by atoms with E-state index in [1.807, 2.05) is 0 Å². The summed E-state index contributed by atoms with van der Waals surface area (Å²) in [6.07, 6.45) is -10.1.